The van der Waals surface area contributed by atoms with Crippen LogP contribution in [-0.4, -0.2) is 32.6 Å². The number of halogens is 3. The molecule has 166 valence electrons. The SMILES string of the molecule is O=C(O)CC(/C=C/c1cnc(C(F)(F)F)nc1)CCCCc1ccc2c(n1)NCCC2. The monoisotopic (exact) mass is 434 g/mol. The van der Waals surface area contributed by atoms with Gasteiger partial charge < -0.3 is 10.4 Å². The van der Waals surface area contributed by atoms with Crippen molar-refractivity contribution in [1.82, 2.24) is 15.0 Å². The van der Waals surface area contributed by atoms with Gasteiger partial charge in [-0.1, -0.05) is 24.6 Å². The number of aliphatic carboxylic acids is 1. The summed E-state index contributed by atoms with van der Waals surface area (Å²) < 4.78 is 37.6. The summed E-state index contributed by atoms with van der Waals surface area (Å²) in [5, 5.41) is 12.5. The van der Waals surface area contributed by atoms with Crippen molar-refractivity contribution in [3.05, 3.63) is 53.2 Å². The van der Waals surface area contributed by atoms with E-state index < -0.39 is 18.0 Å². The van der Waals surface area contributed by atoms with E-state index in [1.165, 1.54) is 5.56 Å². The van der Waals surface area contributed by atoms with Crippen LogP contribution in [0.25, 0.3) is 6.08 Å². The van der Waals surface area contributed by atoms with Crippen LogP contribution >= 0.6 is 0 Å². The molecule has 3 rings (SSSR count). The summed E-state index contributed by atoms with van der Waals surface area (Å²) in [7, 11) is 0. The van der Waals surface area contributed by atoms with Gasteiger partial charge in [0.15, 0.2) is 0 Å². The quantitative estimate of drug-likeness (QED) is 0.553. The van der Waals surface area contributed by atoms with Crippen LogP contribution in [0, 0.1) is 5.92 Å². The molecule has 1 aliphatic heterocycles. The number of allylic oxidation sites excluding steroid dienone is 1. The van der Waals surface area contributed by atoms with Crippen molar-refractivity contribution in [2.24, 2.45) is 5.92 Å². The minimum atomic E-state index is -4.59. The van der Waals surface area contributed by atoms with Gasteiger partial charge in [-0.2, -0.15) is 13.2 Å². The molecule has 0 aromatic carbocycles. The number of aromatic nitrogens is 3. The first-order chi connectivity index (χ1) is 14.8. The standard InChI is InChI=1S/C22H25F3N4O2/c23-22(24,25)21-27-13-16(14-28-21)8-7-15(12-19(30)31)4-1-2-6-18-10-9-17-5-3-11-26-20(17)29-18/h7-10,13-15H,1-6,11-12H2,(H,26,29)(H,30,31)/b8-7+. The van der Waals surface area contributed by atoms with E-state index in [0.29, 0.717) is 12.0 Å². The first-order valence-electron chi connectivity index (χ1n) is 10.3. The number of anilines is 1. The van der Waals surface area contributed by atoms with Crippen LogP contribution in [-0.2, 0) is 23.8 Å². The number of rotatable bonds is 9. The van der Waals surface area contributed by atoms with Crippen LogP contribution < -0.4 is 5.32 Å². The zero-order valence-electron chi connectivity index (χ0n) is 17.0. The van der Waals surface area contributed by atoms with Gasteiger partial charge in [-0.05, 0) is 49.7 Å². The van der Waals surface area contributed by atoms with Crippen molar-refractivity contribution >= 4 is 17.9 Å². The van der Waals surface area contributed by atoms with E-state index in [1.807, 2.05) is 6.07 Å². The lowest BCUT2D eigenvalue weighted by Gasteiger charge is -2.17. The number of alkyl halides is 3. The van der Waals surface area contributed by atoms with Crippen LogP contribution in [0.5, 0.6) is 0 Å². The molecule has 6 nitrogen and oxygen atoms in total. The first kappa shape index (κ1) is 22.7. The van der Waals surface area contributed by atoms with Crippen molar-refractivity contribution in [2.45, 2.75) is 51.1 Å². The van der Waals surface area contributed by atoms with Crippen molar-refractivity contribution < 1.29 is 23.1 Å². The highest BCUT2D eigenvalue weighted by molar-refractivity contribution is 5.67. The molecule has 0 saturated carbocycles. The lowest BCUT2D eigenvalue weighted by Crippen LogP contribution is -2.14. The third kappa shape index (κ3) is 7.04. The normalized spacial score (nSPS) is 14.8. The predicted octanol–water partition coefficient (Wildman–Crippen LogP) is 4.77. The second kappa shape index (κ2) is 10.4. The van der Waals surface area contributed by atoms with E-state index in [0.717, 1.165) is 62.6 Å². The maximum absolute atomic E-state index is 12.5. The highest BCUT2D eigenvalue weighted by Crippen LogP contribution is 2.26. The van der Waals surface area contributed by atoms with Gasteiger partial charge in [0, 0.05) is 30.2 Å². The first-order valence-corrected chi connectivity index (χ1v) is 10.3. The summed E-state index contributed by atoms with van der Waals surface area (Å²) in [6.07, 6.45) is 6.14. The summed E-state index contributed by atoms with van der Waals surface area (Å²) in [6.45, 7) is 0.941. The van der Waals surface area contributed by atoms with Gasteiger partial charge in [-0.15, -0.1) is 0 Å². The molecule has 9 heteroatoms. The Morgan fingerprint density at radius 3 is 2.71 bits per heavy atom. The molecule has 2 N–H and O–H groups in total. The molecule has 0 fully saturated rings. The van der Waals surface area contributed by atoms with Crippen LogP contribution in [0.2, 0.25) is 0 Å². The van der Waals surface area contributed by atoms with Crippen molar-refractivity contribution in [3.63, 3.8) is 0 Å². The van der Waals surface area contributed by atoms with Crippen LogP contribution in [0.15, 0.2) is 30.6 Å². The molecule has 0 spiro atoms. The highest BCUT2D eigenvalue weighted by atomic mass is 19.4. The molecule has 0 saturated heterocycles. The van der Waals surface area contributed by atoms with E-state index in [9.17, 15) is 18.0 Å². The number of nitrogens with one attached hydrogen (secondary N) is 1. The zero-order valence-corrected chi connectivity index (χ0v) is 17.0. The molecule has 2 aromatic rings. The Bertz CT molecular complexity index is 914. The molecular formula is C22H25F3N4O2. The smallest absolute Gasteiger partial charge is 0.451 e. The van der Waals surface area contributed by atoms with Gasteiger partial charge in [0.25, 0.3) is 0 Å². The second-order valence-corrected chi connectivity index (χ2v) is 7.64. The topological polar surface area (TPSA) is 88.0 Å². The summed E-state index contributed by atoms with van der Waals surface area (Å²) in [4.78, 5) is 22.5. The number of hydrogen-bond donors (Lipinski definition) is 2. The number of pyridine rings is 1. The van der Waals surface area contributed by atoms with Gasteiger partial charge in [0.1, 0.15) is 5.82 Å². The fourth-order valence-corrected chi connectivity index (χ4v) is 3.53. The van der Waals surface area contributed by atoms with Crippen LogP contribution in [0.3, 0.4) is 0 Å². The lowest BCUT2D eigenvalue weighted by molar-refractivity contribution is -0.145. The largest absolute Gasteiger partial charge is 0.481 e. The zero-order chi connectivity index (χ0) is 22.3. The fraction of sp³-hybridized carbons (Fsp3) is 0.455. The Morgan fingerprint density at radius 1 is 1.23 bits per heavy atom. The average Bonchev–Trinajstić information content (AvgIpc) is 2.74. The summed E-state index contributed by atoms with van der Waals surface area (Å²) in [6, 6.07) is 4.16. The number of carbonyl (C=O) groups is 1. The number of carboxylic acids is 1. The number of aryl methyl sites for hydroxylation is 2. The molecule has 31 heavy (non-hydrogen) atoms. The summed E-state index contributed by atoms with van der Waals surface area (Å²) in [5.74, 6) is -1.37. The van der Waals surface area contributed by atoms with Crippen LogP contribution in [0.4, 0.5) is 19.0 Å². The molecular weight excluding hydrogens is 409 g/mol. The molecule has 0 radical (unpaired) electrons. The minimum Gasteiger partial charge on any atom is -0.481 e. The third-order valence-electron chi connectivity index (χ3n) is 5.13. The third-order valence-corrected chi connectivity index (χ3v) is 5.13. The highest BCUT2D eigenvalue weighted by Gasteiger charge is 2.34. The van der Waals surface area contributed by atoms with Gasteiger partial charge in [-0.3, -0.25) is 4.79 Å². The Labute approximate surface area is 178 Å². The molecule has 1 unspecified atom stereocenters. The predicted molar refractivity (Wildman–Crippen MR) is 110 cm³/mol. The number of unbranched alkanes of at least 4 members (excludes halogenated alkanes) is 1. The second-order valence-electron chi connectivity index (χ2n) is 7.64. The maximum Gasteiger partial charge on any atom is 0.451 e. The Kier molecular flexibility index (Phi) is 7.59. The molecule has 1 atom stereocenters. The van der Waals surface area contributed by atoms with Crippen LogP contribution in [0.1, 0.15) is 54.7 Å². The van der Waals surface area contributed by atoms with Crippen molar-refractivity contribution in [2.75, 3.05) is 11.9 Å². The molecule has 3 heterocycles. The van der Waals surface area contributed by atoms with Gasteiger partial charge in [0.2, 0.25) is 5.82 Å². The van der Waals surface area contributed by atoms with Gasteiger partial charge >= 0.3 is 12.1 Å². The van der Waals surface area contributed by atoms with E-state index >= 15 is 0 Å². The summed E-state index contributed by atoms with van der Waals surface area (Å²) in [5.41, 5.74) is 2.66. The number of carboxylic acid groups (broad SMARTS) is 1. The number of fused-ring (bicyclic) bond motifs is 1. The lowest BCUT2D eigenvalue weighted by atomic mass is 9.96. The molecule has 0 amide bonds. The molecule has 1 aliphatic rings. The average molecular weight is 434 g/mol. The van der Waals surface area contributed by atoms with Crippen molar-refractivity contribution in [3.8, 4) is 0 Å². The van der Waals surface area contributed by atoms with Gasteiger partial charge in [-0.25, -0.2) is 15.0 Å². The van der Waals surface area contributed by atoms with E-state index in [2.05, 4.69) is 26.3 Å². The number of nitrogens with zero attached hydrogens (tertiary/aromatic N) is 3. The molecule has 0 aliphatic carbocycles. The minimum absolute atomic E-state index is 0.0427. The maximum atomic E-state index is 12.5. The van der Waals surface area contributed by atoms with E-state index in [-0.39, 0.29) is 12.3 Å². The molecule has 0 bridgehead atoms. The fourth-order valence-electron chi connectivity index (χ4n) is 3.53. The van der Waals surface area contributed by atoms with E-state index in [1.54, 1.807) is 12.2 Å². The number of hydrogen-bond acceptors (Lipinski definition) is 5. The Hall–Kier alpha value is -2.97. The molecule has 2 aromatic heterocycles. The summed E-state index contributed by atoms with van der Waals surface area (Å²) >= 11 is 0. The Balaban J connectivity index is 1.51. The Morgan fingerprint density at radius 2 is 2.00 bits per heavy atom. The van der Waals surface area contributed by atoms with Gasteiger partial charge in [0.05, 0.1) is 6.42 Å². The van der Waals surface area contributed by atoms with E-state index in [4.69, 9.17) is 5.11 Å². The van der Waals surface area contributed by atoms with Crippen molar-refractivity contribution in [1.29, 1.82) is 0 Å².